The molecule has 0 atom stereocenters. The molecule has 5 nitrogen and oxygen atoms in total. The Hall–Kier alpha value is -1.65. The first-order valence-corrected chi connectivity index (χ1v) is 2.51. The van der Waals surface area contributed by atoms with Crippen LogP contribution in [0, 0.1) is 10.1 Å². The van der Waals surface area contributed by atoms with Crippen molar-refractivity contribution in [1.29, 1.82) is 0 Å². The number of hydrogen-bond acceptors (Lipinski definition) is 4. The minimum Gasteiger partial charge on any atom is -0.364 e. The van der Waals surface area contributed by atoms with Crippen LogP contribution in [0.2, 0.25) is 0 Å². The lowest BCUT2D eigenvalue weighted by atomic mass is 10.4. The van der Waals surface area contributed by atoms with Crippen LogP contribution in [0.25, 0.3) is 6.08 Å². The highest BCUT2D eigenvalue weighted by atomic mass is 16.6. The van der Waals surface area contributed by atoms with E-state index in [2.05, 4.69) is 9.68 Å². The highest BCUT2D eigenvalue weighted by Gasteiger charge is 1.90. The van der Waals surface area contributed by atoms with Gasteiger partial charge in [-0.05, 0) is 0 Å². The molecule has 1 heterocycles. The lowest BCUT2D eigenvalue weighted by molar-refractivity contribution is -0.401. The Morgan fingerprint density at radius 2 is 2.60 bits per heavy atom. The Labute approximate surface area is 56.1 Å². The van der Waals surface area contributed by atoms with Gasteiger partial charge in [-0.25, -0.2) is 0 Å². The Morgan fingerprint density at radius 1 is 1.80 bits per heavy atom. The van der Waals surface area contributed by atoms with Crippen LogP contribution in [0.15, 0.2) is 23.1 Å². The van der Waals surface area contributed by atoms with Gasteiger partial charge in [-0.1, -0.05) is 5.16 Å². The predicted octanol–water partition coefficient (Wildman–Crippen LogP) is 0.922. The van der Waals surface area contributed by atoms with Gasteiger partial charge in [-0.15, -0.1) is 0 Å². The van der Waals surface area contributed by atoms with Crippen molar-refractivity contribution >= 4 is 6.08 Å². The van der Waals surface area contributed by atoms with Gasteiger partial charge in [0, 0.05) is 12.1 Å². The molecule has 1 aromatic rings. The Balaban J connectivity index is 2.64. The second kappa shape index (κ2) is 2.77. The van der Waals surface area contributed by atoms with E-state index in [1.54, 1.807) is 0 Å². The van der Waals surface area contributed by atoms with Crippen LogP contribution in [0.4, 0.5) is 0 Å². The standard InChI is InChI=1S/C5H4N2O3/c8-7(9)3-1-5-2-4-10-6-5/h1-4H/b3-1+. The van der Waals surface area contributed by atoms with Crippen LogP contribution in [0.5, 0.6) is 0 Å². The fourth-order valence-electron chi connectivity index (χ4n) is 0.445. The van der Waals surface area contributed by atoms with Crippen molar-refractivity contribution in [2.24, 2.45) is 0 Å². The molecule has 10 heavy (non-hydrogen) atoms. The van der Waals surface area contributed by atoms with Crippen molar-refractivity contribution in [2.75, 3.05) is 0 Å². The molecule has 0 aliphatic rings. The molecule has 0 radical (unpaired) electrons. The number of nitrogens with zero attached hydrogens (tertiary/aromatic N) is 2. The number of nitro groups is 1. The molecular weight excluding hydrogens is 136 g/mol. The second-order valence-corrected chi connectivity index (χ2v) is 1.53. The normalized spacial score (nSPS) is 10.4. The summed E-state index contributed by atoms with van der Waals surface area (Å²) in [5.74, 6) is 0. The molecule has 0 spiro atoms. The summed E-state index contributed by atoms with van der Waals surface area (Å²) in [6.45, 7) is 0. The lowest BCUT2D eigenvalue weighted by Crippen LogP contribution is -1.81. The molecule has 0 aliphatic carbocycles. The van der Waals surface area contributed by atoms with Crippen molar-refractivity contribution in [1.82, 2.24) is 5.16 Å². The fourth-order valence-corrected chi connectivity index (χ4v) is 0.445. The van der Waals surface area contributed by atoms with Crippen LogP contribution in [-0.2, 0) is 0 Å². The first-order chi connectivity index (χ1) is 4.79. The maximum atomic E-state index is 9.75. The van der Waals surface area contributed by atoms with Gasteiger partial charge in [-0.2, -0.15) is 0 Å². The summed E-state index contributed by atoms with van der Waals surface area (Å²) in [5.41, 5.74) is 0.441. The zero-order valence-electron chi connectivity index (χ0n) is 4.93. The van der Waals surface area contributed by atoms with E-state index in [1.807, 2.05) is 0 Å². The van der Waals surface area contributed by atoms with Crippen LogP contribution < -0.4 is 0 Å². The van der Waals surface area contributed by atoms with Crippen LogP contribution in [0.1, 0.15) is 5.69 Å². The van der Waals surface area contributed by atoms with Crippen molar-refractivity contribution in [3.63, 3.8) is 0 Å². The molecule has 0 N–H and O–H groups in total. The average Bonchev–Trinajstić information content (AvgIpc) is 2.34. The Morgan fingerprint density at radius 3 is 3.10 bits per heavy atom. The molecule has 0 fully saturated rings. The van der Waals surface area contributed by atoms with Gasteiger partial charge in [0.25, 0.3) is 0 Å². The molecule has 0 unspecified atom stereocenters. The molecule has 5 heteroatoms. The van der Waals surface area contributed by atoms with Crippen molar-refractivity contribution in [3.05, 3.63) is 34.3 Å². The lowest BCUT2D eigenvalue weighted by Gasteiger charge is -1.75. The molecule has 0 aromatic carbocycles. The summed E-state index contributed by atoms with van der Waals surface area (Å²) in [6, 6.07) is 1.53. The SMILES string of the molecule is O=[N+]([O-])/C=C/c1ccon1. The zero-order valence-corrected chi connectivity index (χ0v) is 4.93. The van der Waals surface area contributed by atoms with E-state index >= 15 is 0 Å². The smallest absolute Gasteiger partial charge is 0.236 e. The van der Waals surface area contributed by atoms with Gasteiger partial charge in [0.15, 0.2) is 0 Å². The van der Waals surface area contributed by atoms with E-state index in [1.165, 1.54) is 18.4 Å². The minimum atomic E-state index is -0.561. The Kier molecular flexibility index (Phi) is 1.79. The summed E-state index contributed by atoms with van der Waals surface area (Å²) in [5, 5.41) is 13.2. The second-order valence-electron chi connectivity index (χ2n) is 1.53. The topological polar surface area (TPSA) is 69.2 Å². The van der Waals surface area contributed by atoms with Gasteiger partial charge >= 0.3 is 0 Å². The number of hydrogen-bond donors (Lipinski definition) is 0. The largest absolute Gasteiger partial charge is 0.364 e. The first kappa shape index (κ1) is 6.47. The predicted molar refractivity (Wildman–Crippen MR) is 32.5 cm³/mol. The molecule has 52 valence electrons. The molecule has 0 aliphatic heterocycles. The highest BCUT2D eigenvalue weighted by Crippen LogP contribution is 1.96. The van der Waals surface area contributed by atoms with Crippen molar-refractivity contribution < 1.29 is 9.45 Å². The monoisotopic (exact) mass is 140 g/mol. The van der Waals surface area contributed by atoms with Crippen LogP contribution in [0.3, 0.4) is 0 Å². The van der Waals surface area contributed by atoms with Crippen molar-refractivity contribution in [2.45, 2.75) is 0 Å². The van der Waals surface area contributed by atoms with Gasteiger partial charge in [0.1, 0.15) is 12.0 Å². The van der Waals surface area contributed by atoms with Crippen molar-refractivity contribution in [3.8, 4) is 0 Å². The zero-order chi connectivity index (χ0) is 7.40. The van der Waals surface area contributed by atoms with Gasteiger partial charge in [-0.3, -0.25) is 10.1 Å². The molecule has 0 saturated carbocycles. The minimum absolute atomic E-state index is 0.441. The average molecular weight is 140 g/mol. The van der Waals surface area contributed by atoms with Gasteiger partial charge < -0.3 is 4.52 Å². The number of rotatable bonds is 2. The first-order valence-electron chi connectivity index (χ1n) is 2.51. The summed E-state index contributed by atoms with van der Waals surface area (Å²) < 4.78 is 4.42. The van der Waals surface area contributed by atoms with Crippen LogP contribution >= 0.6 is 0 Å². The van der Waals surface area contributed by atoms with E-state index in [-0.39, 0.29) is 0 Å². The van der Waals surface area contributed by atoms with E-state index in [4.69, 9.17) is 0 Å². The third kappa shape index (κ3) is 1.70. The van der Waals surface area contributed by atoms with E-state index < -0.39 is 4.92 Å². The maximum Gasteiger partial charge on any atom is 0.236 e. The summed E-state index contributed by atoms with van der Waals surface area (Å²) in [4.78, 5) is 9.19. The quantitative estimate of drug-likeness (QED) is 0.452. The third-order valence-corrected chi connectivity index (χ3v) is 0.825. The molecule has 1 rings (SSSR count). The summed E-state index contributed by atoms with van der Waals surface area (Å²) >= 11 is 0. The van der Waals surface area contributed by atoms with Gasteiger partial charge in [0.2, 0.25) is 6.20 Å². The summed E-state index contributed by atoms with van der Waals surface area (Å²) in [7, 11) is 0. The highest BCUT2D eigenvalue weighted by molar-refractivity contribution is 5.40. The molecular formula is C5H4N2O3. The van der Waals surface area contributed by atoms with E-state index in [0.29, 0.717) is 5.69 Å². The van der Waals surface area contributed by atoms with E-state index in [9.17, 15) is 10.1 Å². The third-order valence-electron chi connectivity index (χ3n) is 0.825. The molecule has 0 saturated heterocycles. The van der Waals surface area contributed by atoms with E-state index in [0.717, 1.165) is 6.20 Å². The maximum absolute atomic E-state index is 9.75. The fraction of sp³-hybridized carbons (Fsp3) is 0. The molecule has 0 amide bonds. The van der Waals surface area contributed by atoms with Gasteiger partial charge in [0.05, 0.1) is 4.92 Å². The molecule has 0 bridgehead atoms. The molecule has 1 aromatic heterocycles. The number of aromatic nitrogens is 1. The Bertz CT molecular complexity index is 239. The summed E-state index contributed by atoms with van der Waals surface area (Å²) in [6.07, 6.45) is 3.40. The van der Waals surface area contributed by atoms with Crippen LogP contribution in [-0.4, -0.2) is 10.1 Å².